The van der Waals surface area contributed by atoms with Crippen LogP contribution in [0.2, 0.25) is 0 Å². The predicted molar refractivity (Wildman–Crippen MR) is 106 cm³/mol. The van der Waals surface area contributed by atoms with E-state index in [1.54, 1.807) is 0 Å². The van der Waals surface area contributed by atoms with E-state index in [4.69, 9.17) is 4.74 Å². The van der Waals surface area contributed by atoms with E-state index in [0.717, 1.165) is 10.7 Å². The lowest BCUT2D eigenvalue weighted by Crippen LogP contribution is -2.45. The molecule has 0 aliphatic heterocycles. The number of carboxylic acids is 1. The summed E-state index contributed by atoms with van der Waals surface area (Å²) >= 11 is 0. The third-order valence-corrected chi connectivity index (χ3v) is 5.38. The van der Waals surface area contributed by atoms with Crippen molar-refractivity contribution in [3.63, 3.8) is 0 Å². The predicted octanol–water partition coefficient (Wildman–Crippen LogP) is 2.66. The molecule has 0 spiro atoms. The molecule has 1 unspecified atom stereocenters. The van der Waals surface area contributed by atoms with Crippen molar-refractivity contribution in [3.8, 4) is 11.4 Å². The van der Waals surface area contributed by atoms with E-state index in [0.29, 0.717) is 10.3 Å². The van der Waals surface area contributed by atoms with E-state index in [9.17, 15) is 32.7 Å². The highest BCUT2D eigenvalue weighted by Crippen LogP contribution is 2.41. The largest absolute Gasteiger partial charge is 0.497 e. The van der Waals surface area contributed by atoms with Gasteiger partial charge >= 0.3 is 17.8 Å². The maximum atomic E-state index is 13.4. The molecular weight excluding hydrogens is 431 g/mol. The van der Waals surface area contributed by atoms with Crippen LogP contribution in [0, 0.1) is 0 Å². The van der Waals surface area contributed by atoms with Crippen LogP contribution in [0.25, 0.3) is 5.69 Å². The molecule has 166 valence electrons. The van der Waals surface area contributed by atoms with Crippen molar-refractivity contribution in [1.82, 2.24) is 14.3 Å². The van der Waals surface area contributed by atoms with Gasteiger partial charge in [0.05, 0.1) is 24.4 Å². The van der Waals surface area contributed by atoms with Crippen LogP contribution in [0.15, 0.2) is 52.1 Å². The number of aromatic nitrogens is 3. The highest BCUT2D eigenvalue weighted by atomic mass is 19.4. The topological polar surface area (TPSA) is 103 Å². The molecule has 4 rings (SSSR count). The maximum absolute atomic E-state index is 13.4. The minimum atomic E-state index is -4.60. The normalized spacial score (nSPS) is 15.4. The summed E-state index contributed by atoms with van der Waals surface area (Å²) in [6.07, 6.45) is -4.59. The summed E-state index contributed by atoms with van der Waals surface area (Å²) in [5, 5.41) is 13.2. The zero-order chi connectivity index (χ0) is 23.2. The molecule has 1 aliphatic carbocycles. The van der Waals surface area contributed by atoms with Crippen molar-refractivity contribution >= 4 is 5.97 Å². The Morgan fingerprint density at radius 2 is 1.84 bits per heavy atom. The fraction of sp³-hybridized carbons (Fsp3) is 0.238. The Kier molecular flexibility index (Phi) is 5.11. The molecular formula is C21H16F3N3O5. The van der Waals surface area contributed by atoms with Crippen LogP contribution in [-0.4, -0.2) is 32.5 Å². The highest BCUT2D eigenvalue weighted by molar-refractivity contribution is 5.84. The summed E-state index contributed by atoms with van der Waals surface area (Å²) in [7, 11) is 1.44. The number of halogens is 3. The van der Waals surface area contributed by atoms with Crippen LogP contribution in [0.5, 0.6) is 5.75 Å². The summed E-state index contributed by atoms with van der Waals surface area (Å²) in [5.41, 5.74) is -3.59. The SMILES string of the molecule is COc1ccc(-n2nc(C(=O)O)c(=O)n(C3CCc4c3cccc4C(F)(F)F)c2=O)cc1. The van der Waals surface area contributed by atoms with E-state index in [1.165, 1.54) is 43.5 Å². The standard InChI is InChI=1S/C21H16F3N3O5/c1-32-12-7-5-11(6-8-12)27-20(31)26(18(28)17(25-27)19(29)30)16-10-9-13-14(16)3-2-4-15(13)21(22,23)24/h2-8,16H,9-10H2,1H3,(H,29,30). The van der Waals surface area contributed by atoms with Crippen LogP contribution in [-0.2, 0) is 12.6 Å². The quantitative estimate of drug-likeness (QED) is 0.660. The Morgan fingerprint density at radius 3 is 2.44 bits per heavy atom. The molecule has 0 bridgehead atoms. The molecule has 0 saturated heterocycles. The molecule has 0 amide bonds. The molecule has 1 aromatic heterocycles. The van der Waals surface area contributed by atoms with Crippen LogP contribution in [0.3, 0.4) is 0 Å². The number of carbonyl (C=O) groups is 1. The monoisotopic (exact) mass is 447 g/mol. The number of ether oxygens (including phenoxy) is 1. The number of alkyl halides is 3. The first kappa shape index (κ1) is 21.3. The van der Waals surface area contributed by atoms with E-state index >= 15 is 0 Å². The van der Waals surface area contributed by atoms with Crippen LogP contribution in [0.1, 0.15) is 39.6 Å². The number of carboxylic acid groups (broad SMARTS) is 1. The number of methoxy groups -OCH3 is 1. The van der Waals surface area contributed by atoms with Gasteiger partial charge in [-0.1, -0.05) is 12.1 Å². The fourth-order valence-electron chi connectivity index (χ4n) is 3.96. The van der Waals surface area contributed by atoms with Gasteiger partial charge in [-0.25, -0.2) is 14.2 Å². The molecule has 1 atom stereocenters. The van der Waals surface area contributed by atoms with Gasteiger partial charge in [0.1, 0.15) is 5.75 Å². The minimum Gasteiger partial charge on any atom is -0.497 e. The molecule has 2 aromatic carbocycles. The van der Waals surface area contributed by atoms with Gasteiger partial charge in [0.15, 0.2) is 0 Å². The van der Waals surface area contributed by atoms with Crippen LogP contribution < -0.4 is 16.0 Å². The highest BCUT2D eigenvalue weighted by Gasteiger charge is 2.38. The van der Waals surface area contributed by atoms with Gasteiger partial charge in [0.25, 0.3) is 5.56 Å². The molecule has 1 N–H and O–H groups in total. The molecule has 8 nitrogen and oxygen atoms in total. The summed E-state index contributed by atoms with van der Waals surface area (Å²) < 4.78 is 46.7. The zero-order valence-electron chi connectivity index (χ0n) is 16.6. The Bertz CT molecular complexity index is 1330. The van der Waals surface area contributed by atoms with Gasteiger partial charge in [-0.3, -0.25) is 4.79 Å². The maximum Gasteiger partial charge on any atom is 0.416 e. The number of fused-ring (bicyclic) bond motifs is 1. The number of rotatable bonds is 4. The molecule has 0 saturated carbocycles. The lowest BCUT2D eigenvalue weighted by molar-refractivity contribution is -0.138. The van der Waals surface area contributed by atoms with Gasteiger partial charge in [-0.15, -0.1) is 0 Å². The van der Waals surface area contributed by atoms with Crippen molar-refractivity contribution < 1.29 is 27.8 Å². The molecule has 32 heavy (non-hydrogen) atoms. The molecule has 0 radical (unpaired) electrons. The third kappa shape index (κ3) is 3.45. The van der Waals surface area contributed by atoms with Crippen molar-refractivity contribution in [2.24, 2.45) is 0 Å². The smallest absolute Gasteiger partial charge is 0.416 e. The van der Waals surface area contributed by atoms with Gasteiger partial charge in [0.2, 0.25) is 5.69 Å². The lowest BCUT2D eigenvalue weighted by atomic mass is 10.0. The number of nitrogens with zero attached hydrogens (tertiary/aromatic N) is 3. The summed E-state index contributed by atoms with van der Waals surface area (Å²) in [6, 6.07) is 8.40. The third-order valence-electron chi connectivity index (χ3n) is 5.38. The summed E-state index contributed by atoms with van der Waals surface area (Å²) in [5.74, 6) is -1.19. The molecule has 1 heterocycles. The Labute approximate surface area is 178 Å². The average Bonchev–Trinajstić information content (AvgIpc) is 3.17. The van der Waals surface area contributed by atoms with E-state index in [-0.39, 0.29) is 29.7 Å². The number of hydrogen-bond acceptors (Lipinski definition) is 5. The first-order chi connectivity index (χ1) is 15.1. The minimum absolute atomic E-state index is 0.0130. The van der Waals surface area contributed by atoms with Crippen molar-refractivity contribution in [2.75, 3.05) is 7.11 Å². The van der Waals surface area contributed by atoms with Gasteiger partial charge in [0, 0.05) is 0 Å². The van der Waals surface area contributed by atoms with Crippen molar-refractivity contribution in [1.29, 1.82) is 0 Å². The first-order valence-corrected chi connectivity index (χ1v) is 9.46. The van der Waals surface area contributed by atoms with Crippen LogP contribution in [0.4, 0.5) is 13.2 Å². The molecule has 3 aromatic rings. The van der Waals surface area contributed by atoms with Gasteiger partial charge in [-0.2, -0.15) is 23.0 Å². The Morgan fingerprint density at radius 1 is 1.16 bits per heavy atom. The fourth-order valence-corrected chi connectivity index (χ4v) is 3.96. The summed E-state index contributed by atoms with van der Waals surface area (Å²) in [6.45, 7) is 0. The lowest BCUT2D eigenvalue weighted by Gasteiger charge is -2.18. The zero-order valence-corrected chi connectivity index (χ0v) is 16.6. The molecule has 0 fully saturated rings. The molecule has 11 heteroatoms. The number of aromatic carboxylic acids is 1. The second-order valence-corrected chi connectivity index (χ2v) is 7.15. The Hall–Kier alpha value is -3.89. The van der Waals surface area contributed by atoms with Crippen LogP contribution >= 0.6 is 0 Å². The van der Waals surface area contributed by atoms with Crippen molar-refractivity contribution in [2.45, 2.75) is 25.1 Å². The van der Waals surface area contributed by atoms with E-state index < -0.39 is 40.7 Å². The average molecular weight is 447 g/mol. The summed E-state index contributed by atoms with van der Waals surface area (Å²) in [4.78, 5) is 37.7. The Balaban J connectivity index is 1.95. The molecule has 1 aliphatic rings. The van der Waals surface area contributed by atoms with Crippen molar-refractivity contribution in [3.05, 3.63) is 85.7 Å². The first-order valence-electron chi connectivity index (χ1n) is 9.46. The number of hydrogen-bond donors (Lipinski definition) is 1. The van der Waals surface area contributed by atoms with E-state index in [1.807, 2.05) is 0 Å². The van der Waals surface area contributed by atoms with E-state index in [2.05, 4.69) is 5.10 Å². The second kappa shape index (κ2) is 7.66. The number of benzene rings is 2. The van der Waals surface area contributed by atoms with Gasteiger partial charge < -0.3 is 9.84 Å². The van der Waals surface area contributed by atoms with Gasteiger partial charge in [-0.05, 0) is 54.3 Å². The second-order valence-electron chi connectivity index (χ2n) is 7.15.